The van der Waals surface area contributed by atoms with Crippen LogP contribution in [0.5, 0.6) is 11.5 Å². The van der Waals surface area contributed by atoms with Crippen molar-refractivity contribution in [3.05, 3.63) is 96.4 Å². The Morgan fingerprint density at radius 1 is 1.00 bits per heavy atom. The van der Waals surface area contributed by atoms with Gasteiger partial charge in [0.15, 0.2) is 11.5 Å². The Bertz CT molecular complexity index is 1490. The fraction of sp³-hybridized carbons (Fsp3) is 0.222. The van der Waals surface area contributed by atoms with E-state index in [0.29, 0.717) is 57.9 Å². The zero-order valence-electron chi connectivity index (χ0n) is 19.8. The molecule has 0 saturated heterocycles. The second kappa shape index (κ2) is 11.9. The first kappa shape index (κ1) is 26.2. The van der Waals surface area contributed by atoms with Crippen LogP contribution in [0.15, 0.2) is 69.0 Å². The van der Waals surface area contributed by atoms with Crippen LogP contribution in [0.1, 0.15) is 37.2 Å². The van der Waals surface area contributed by atoms with Crippen molar-refractivity contribution in [1.82, 2.24) is 9.66 Å². The molecule has 0 aliphatic rings. The number of hydrogen-bond donors (Lipinski definition) is 0. The smallest absolute Gasteiger partial charge is 0.282 e. The third-order valence-corrected chi connectivity index (χ3v) is 6.55. The highest BCUT2D eigenvalue weighted by molar-refractivity contribution is 9.10. The van der Waals surface area contributed by atoms with Gasteiger partial charge in [-0.2, -0.15) is 9.78 Å². The molecular formula is C27H24BrCl2N3O3. The van der Waals surface area contributed by atoms with Gasteiger partial charge in [-0.15, -0.1) is 0 Å². The Balaban J connectivity index is 1.63. The van der Waals surface area contributed by atoms with E-state index in [9.17, 15) is 4.79 Å². The SMILES string of the molecule is CCCc1nc2ccc(Br)cc2c(=O)n1N=Cc1ccc(OCc2ccc(Cl)c(Cl)c2)c(OCC)c1. The number of rotatable bonds is 9. The fourth-order valence-electron chi connectivity index (χ4n) is 3.61. The number of halogens is 3. The minimum atomic E-state index is -0.215. The highest BCUT2D eigenvalue weighted by Gasteiger charge is 2.11. The highest BCUT2D eigenvalue weighted by atomic mass is 79.9. The average Bonchev–Trinajstić information content (AvgIpc) is 2.86. The Kier molecular flexibility index (Phi) is 8.67. The maximum absolute atomic E-state index is 13.2. The third-order valence-electron chi connectivity index (χ3n) is 5.32. The molecule has 0 atom stereocenters. The second-order valence-corrected chi connectivity index (χ2v) is 9.71. The van der Waals surface area contributed by atoms with E-state index in [0.717, 1.165) is 22.0 Å². The van der Waals surface area contributed by atoms with E-state index in [1.807, 2.05) is 50.2 Å². The number of aryl methyl sites for hydroxylation is 1. The first-order valence-electron chi connectivity index (χ1n) is 11.5. The number of hydrogen-bond acceptors (Lipinski definition) is 5. The largest absolute Gasteiger partial charge is 0.490 e. The van der Waals surface area contributed by atoms with E-state index in [-0.39, 0.29) is 5.56 Å². The number of benzene rings is 3. The van der Waals surface area contributed by atoms with Gasteiger partial charge in [0.2, 0.25) is 0 Å². The van der Waals surface area contributed by atoms with Crippen molar-refractivity contribution in [3.8, 4) is 11.5 Å². The van der Waals surface area contributed by atoms with E-state index in [1.165, 1.54) is 4.68 Å². The minimum Gasteiger partial charge on any atom is -0.490 e. The van der Waals surface area contributed by atoms with Gasteiger partial charge in [0.25, 0.3) is 5.56 Å². The molecule has 4 aromatic rings. The Morgan fingerprint density at radius 2 is 1.83 bits per heavy atom. The van der Waals surface area contributed by atoms with E-state index in [4.69, 9.17) is 32.7 Å². The summed E-state index contributed by atoms with van der Waals surface area (Å²) in [7, 11) is 0. The molecule has 0 fully saturated rings. The number of aromatic nitrogens is 2. The second-order valence-electron chi connectivity index (χ2n) is 7.98. The summed E-state index contributed by atoms with van der Waals surface area (Å²) in [5.74, 6) is 1.77. The van der Waals surface area contributed by atoms with Gasteiger partial charge in [0, 0.05) is 10.9 Å². The molecule has 186 valence electrons. The molecule has 0 aliphatic heterocycles. The van der Waals surface area contributed by atoms with E-state index < -0.39 is 0 Å². The van der Waals surface area contributed by atoms with E-state index in [1.54, 1.807) is 24.4 Å². The number of ether oxygens (including phenoxy) is 2. The Morgan fingerprint density at radius 3 is 2.58 bits per heavy atom. The predicted molar refractivity (Wildman–Crippen MR) is 149 cm³/mol. The molecule has 0 aliphatic carbocycles. The van der Waals surface area contributed by atoms with Gasteiger partial charge in [0.05, 0.1) is 33.8 Å². The van der Waals surface area contributed by atoms with Crippen LogP contribution in [0, 0.1) is 0 Å². The van der Waals surface area contributed by atoms with Crippen LogP contribution < -0.4 is 15.0 Å². The van der Waals surface area contributed by atoms with Crippen LogP contribution in [0.3, 0.4) is 0 Å². The van der Waals surface area contributed by atoms with Crippen molar-refractivity contribution >= 4 is 56.2 Å². The fourth-order valence-corrected chi connectivity index (χ4v) is 4.29. The standard InChI is InChI=1S/C27H24BrCl2N3O3/c1-3-5-26-32-23-10-8-19(28)14-20(23)27(34)33(26)31-15-17-7-11-24(25(13-17)35-4-2)36-16-18-6-9-21(29)22(30)12-18/h6-15H,3-5,16H2,1-2H3. The maximum Gasteiger partial charge on any atom is 0.282 e. The summed E-state index contributed by atoms with van der Waals surface area (Å²) in [6.45, 7) is 4.71. The number of nitrogens with zero attached hydrogens (tertiary/aromatic N) is 3. The molecular weight excluding hydrogens is 565 g/mol. The monoisotopic (exact) mass is 587 g/mol. The molecule has 0 saturated carbocycles. The van der Waals surface area contributed by atoms with Crippen LogP contribution in [0.4, 0.5) is 0 Å². The summed E-state index contributed by atoms with van der Waals surface area (Å²) in [5.41, 5.74) is 2.08. The van der Waals surface area contributed by atoms with Crippen LogP contribution in [-0.4, -0.2) is 22.5 Å². The highest BCUT2D eigenvalue weighted by Crippen LogP contribution is 2.30. The molecule has 3 aromatic carbocycles. The molecule has 0 amide bonds. The lowest BCUT2D eigenvalue weighted by atomic mass is 10.2. The molecule has 0 unspecified atom stereocenters. The lowest BCUT2D eigenvalue weighted by Crippen LogP contribution is -2.22. The molecule has 4 rings (SSSR count). The summed E-state index contributed by atoms with van der Waals surface area (Å²) < 4.78 is 14.0. The normalized spacial score (nSPS) is 11.4. The zero-order valence-corrected chi connectivity index (χ0v) is 22.9. The number of fused-ring (bicyclic) bond motifs is 1. The summed E-state index contributed by atoms with van der Waals surface area (Å²) in [5, 5.41) is 5.97. The van der Waals surface area contributed by atoms with Gasteiger partial charge < -0.3 is 9.47 Å². The quantitative estimate of drug-likeness (QED) is 0.193. The molecule has 0 N–H and O–H groups in total. The lowest BCUT2D eigenvalue weighted by Gasteiger charge is -2.13. The van der Waals surface area contributed by atoms with E-state index >= 15 is 0 Å². The van der Waals surface area contributed by atoms with Gasteiger partial charge in [0.1, 0.15) is 12.4 Å². The van der Waals surface area contributed by atoms with Crippen molar-refractivity contribution in [2.75, 3.05) is 6.61 Å². The summed E-state index contributed by atoms with van der Waals surface area (Å²) in [6, 6.07) is 16.3. The van der Waals surface area contributed by atoms with Crippen molar-refractivity contribution in [2.45, 2.75) is 33.3 Å². The Labute approximate surface area is 227 Å². The van der Waals surface area contributed by atoms with Crippen molar-refractivity contribution in [2.24, 2.45) is 5.10 Å². The Hall–Kier alpha value is -2.87. The topological polar surface area (TPSA) is 65.7 Å². The molecule has 6 nitrogen and oxygen atoms in total. The van der Waals surface area contributed by atoms with Crippen molar-refractivity contribution in [1.29, 1.82) is 0 Å². The van der Waals surface area contributed by atoms with Gasteiger partial charge in [-0.25, -0.2) is 4.98 Å². The molecule has 0 spiro atoms. The first-order valence-corrected chi connectivity index (χ1v) is 13.0. The zero-order chi connectivity index (χ0) is 25.7. The van der Waals surface area contributed by atoms with Crippen LogP contribution in [0.25, 0.3) is 10.9 Å². The minimum absolute atomic E-state index is 0.215. The van der Waals surface area contributed by atoms with Crippen molar-refractivity contribution in [3.63, 3.8) is 0 Å². The maximum atomic E-state index is 13.2. The molecule has 1 heterocycles. The van der Waals surface area contributed by atoms with Crippen LogP contribution in [-0.2, 0) is 13.0 Å². The van der Waals surface area contributed by atoms with Gasteiger partial charge >= 0.3 is 0 Å². The van der Waals surface area contributed by atoms with Crippen molar-refractivity contribution < 1.29 is 9.47 Å². The third kappa shape index (κ3) is 6.09. The summed E-state index contributed by atoms with van der Waals surface area (Å²) in [6.07, 6.45) is 3.09. The summed E-state index contributed by atoms with van der Waals surface area (Å²) >= 11 is 15.5. The van der Waals surface area contributed by atoms with Gasteiger partial charge in [-0.05, 0) is 73.0 Å². The molecule has 36 heavy (non-hydrogen) atoms. The summed E-state index contributed by atoms with van der Waals surface area (Å²) in [4.78, 5) is 17.9. The van der Waals surface area contributed by atoms with Gasteiger partial charge in [-0.1, -0.05) is 52.1 Å². The van der Waals surface area contributed by atoms with E-state index in [2.05, 4.69) is 26.0 Å². The van der Waals surface area contributed by atoms with Crippen LogP contribution in [0.2, 0.25) is 10.0 Å². The predicted octanol–water partition coefficient (Wildman–Crippen LogP) is 7.28. The first-order chi connectivity index (χ1) is 17.4. The van der Waals surface area contributed by atoms with Gasteiger partial charge in [-0.3, -0.25) is 4.79 Å². The molecule has 9 heteroatoms. The average molecular weight is 589 g/mol. The lowest BCUT2D eigenvalue weighted by molar-refractivity contribution is 0.269. The molecule has 0 bridgehead atoms. The molecule has 1 aromatic heterocycles. The van der Waals surface area contributed by atoms with Crippen LogP contribution >= 0.6 is 39.1 Å². The molecule has 0 radical (unpaired) electrons.